The van der Waals surface area contributed by atoms with E-state index in [2.05, 4.69) is 20.8 Å². The van der Waals surface area contributed by atoms with Gasteiger partial charge in [-0.05, 0) is 46.2 Å². The van der Waals surface area contributed by atoms with Crippen LogP contribution in [0.3, 0.4) is 0 Å². The molecule has 1 aromatic heterocycles. The molecule has 0 aliphatic carbocycles. The smallest absolute Gasteiger partial charge is 0.195 e. The maximum Gasteiger partial charge on any atom is 0.195 e. The highest BCUT2D eigenvalue weighted by Gasteiger charge is 2.09. The van der Waals surface area contributed by atoms with Gasteiger partial charge in [0.25, 0.3) is 0 Å². The number of hydrogen-bond acceptors (Lipinski definition) is 5. The summed E-state index contributed by atoms with van der Waals surface area (Å²) in [6.45, 7) is 9.84. The number of benzene rings is 1. The van der Waals surface area contributed by atoms with Gasteiger partial charge in [-0.25, -0.2) is 0 Å². The van der Waals surface area contributed by atoms with Crippen LogP contribution in [0.5, 0.6) is 11.5 Å². The van der Waals surface area contributed by atoms with Crippen LogP contribution in [0.25, 0.3) is 0 Å². The minimum Gasteiger partial charge on any atom is -0.493 e. The van der Waals surface area contributed by atoms with Crippen LogP contribution in [0.1, 0.15) is 30.9 Å². The van der Waals surface area contributed by atoms with Crippen molar-refractivity contribution in [1.82, 2.24) is 10.5 Å². The molecule has 8 heteroatoms. The fraction of sp³-hybridized carbons (Fsp3) is 0.474. The van der Waals surface area contributed by atoms with Crippen molar-refractivity contribution >= 4 is 35.6 Å². The maximum atomic E-state index is 5.55. The van der Waals surface area contributed by atoms with Gasteiger partial charge in [0.05, 0.1) is 19.4 Å². The second kappa shape index (κ2) is 11.7. The number of aromatic nitrogens is 1. The van der Waals surface area contributed by atoms with E-state index >= 15 is 0 Å². The van der Waals surface area contributed by atoms with Crippen molar-refractivity contribution in [1.29, 1.82) is 0 Å². The quantitative estimate of drug-likeness (QED) is 0.333. The third kappa shape index (κ3) is 6.60. The Balaban J connectivity index is 0.00000364. The highest BCUT2D eigenvalue weighted by molar-refractivity contribution is 14.0. The highest BCUT2D eigenvalue weighted by Crippen LogP contribution is 2.30. The summed E-state index contributed by atoms with van der Waals surface area (Å²) in [4.78, 5) is 4.63. The van der Waals surface area contributed by atoms with Crippen LogP contribution in [0.15, 0.2) is 27.7 Å². The molecule has 2 N–H and O–H groups in total. The average Bonchev–Trinajstić information content (AvgIpc) is 2.95. The van der Waals surface area contributed by atoms with Crippen molar-refractivity contribution < 1.29 is 14.0 Å². The first-order valence-electron chi connectivity index (χ1n) is 8.86. The number of nitrogens with zero attached hydrogens (tertiary/aromatic N) is 2. The Morgan fingerprint density at radius 2 is 2.00 bits per heavy atom. The lowest BCUT2D eigenvalue weighted by atomic mass is 10.1. The lowest BCUT2D eigenvalue weighted by Crippen LogP contribution is -2.31. The van der Waals surface area contributed by atoms with E-state index in [0.717, 1.165) is 41.4 Å². The third-order valence-corrected chi connectivity index (χ3v) is 3.88. The largest absolute Gasteiger partial charge is 0.493 e. The topological polar surface area (TPSA) is 80.9 Å². The second-order valence-electron chi connectivity index (χ2n) is 5.74. The predicted octanol–water partition coefficient (Wildman–Crippen LogP) is 3.94. The van der Waals surface area contributed by atoms with Gasteiger partial charge in [-0.3, -0.25) is 4.99 Å². The molecule has 7 nitrogen and oxygen atoms in total. The Labute approximate surface area is 177 Å². The Hall–Kier alpha value is -1.97. The van der Waals surface area contributed by atoms with Crippen LogP contribution in [-0.4, -0.2) is 37.9 Å². The molecule has 0 saturated carbocycles. The summed E-state index contributed by atoms with van der Waals surface area (Å²) in [5.74, 6) is 2.97. The second-order valence-corrected chi connectivity index (χ2v) is 5.74. The van der Waals surface area contributed by atoms with E-state index < -0.39 is 0 Å². The molecule has 0 atom stereocenters. The Morgan fingerprint density at radius 1 is 1.22 bits per heavy atom. The summed E-state index contributed by atoms with van der Waals surface area (Å²) in [6.07, 6.45) is 0.782. The van der Waals surface area contributed by atoms with Gasteiger partial charge >= 0.3 is 0 Å². The number of methoxy groups -OCH3 is 1. The molecule has 0 spiro atoms. The Bertz CT molecular complexity index is 727. The van der Waals surface area contributed by atoms with E-state index in [1.54, 1.807) is 7.11 Å². The zero-order chi connectivity index (χ0) is 18.9. The van der Waals surface area contributed by atoms with Crippen molar-refractivity contribution in [3.63, 3.8) is 0 Å². The van der Waals surface area contributed by atoms with Gasteiger partial charge in [0, 0.05) is 30.4 Å². The molecule has 1 heterocycles. The fourth-order valence-corrected chi connectivity index (χ4v) is 2.60. The monoisotopic (exact) mass is 488 g/mol. The summed E-state index contributed by atoms with van der Waals surface area (Å²) in [5, 5.41) is 10.5. The van der Waals surface area contributed by atoms with Crippen LogP contribution in [0, 0.1) is 13.8 Å². The Kier molecular flexibility index (Phi) is 9.98. The van der Waals surface area contributed by atoms with E-state index in [9.17, 15) is 0 Å². The SMILES string of the molecule is CCNC(=NCCc1c(C)noc1C)Nc1ccc(OCC)c(OC)c1.I. The van der Waals surface area contributed by atoms with Crippen LogP contribution in [-0.2, 0) is 6.42 Å². The zero-order valence-corrected chi connectivity index (χ0v) is 18.9. The minimum atomic E-state index is 0. The molecule has 0 saturated heterocycles. The summed E-state index contributed by atoms with van der Waals surface area (Å²) in [6, 6.07) is 5.72. The first-order valence-corrected chi connectivity index (χ1v) is 8.86. The van der Waals surface area contributed by atoms with Crippen LogP contribution < -0.4 is 20.1 Å². The first kappa shape index (κ1) is 23.1. The molecule has 27 heavy (non-hydrogen) atoms. The molecule has 2 aromatic rings. The number of aliphatic imine (C=N–C) groups is 1. The summed E-state index contributed by atoms with van der Waals surface area (Å²) < 4.78 is 16.1. The molecular weight excluding hydrogens is 459 g/mol. The Morgan fingerprint density at radius 3 is 2.59 bits per heavy atom. The fourth-order valence-electron chi connectivity index (χ4n) is 2.60. The summed E-state index contributed by atoms with van der Waals surface area (Å²) in [5.41, 5.74) is 2.92. The number of ether oxygens (including phenoxy) is 2. The molecule has 0 amide bonds. The van der Waals surface area contributed by atoms with E-state index in [1.807, 2.05) is 45.9 Å². The molecule has 0 aliphatic heterocycles. The summed E-state index contributed by atoms with van der Waals surface area (Å²) >= 11 is 0. The van der Waals surface area contributed by atoms with E-state index in [4.69, 9.17) is 14.0 Å². The van der Waals surface area contributed by atoms with Gasteiger partial charge in [-0.1, -0.05) is 5.16 Å². The minimum absolute atomic E-state index is 0. The zero-order valence-electron chi connectivity index (χ0n) is 16.6. The number of aryl methyl sites for hydroxylation is 2. The standard InChI is InChI=1S/C19H28N4O3.HI/c1-6-20-19(21-11-10-16-13(3)23-26-14(16)4)22-15-8-9-17(25-7-2)18(12-15)24-5;/h8-9,12H,6-7,10-11H2,1-5H3,(H2,20,21,22);1H. The molecule has 0 unspecified atom stereocenters. The number of guanidine groups is 1. The van der Waals surface area contributed by atoms with Crippen molar-refractivity contribution in [2.75, 3.05) is 32.1 Å². The van der Waals surface area contributed by atoms with Gasteiger partial charge in [0.2, 0.25) is 0 Å². The van der Waals surface area contributed by atoms with E-state index in [1.165, 1.54) is 0 Å². The van der Waals surface area contributed by atoms with Crippen molar-refractivity contribution in [3.8, 4) is 11.5 Å². The lowest BCUT2D eigenvalue weighted by Gasteiger charge is -2.14. The van der Waals surface area contributed by atoms with Gasteiger partial charge < -0.3 is 24.6 Å². The van der Waals surface area contributed by atoms with Crippen molar-refractivity contribution in [2.45, 2.75) is 34.1 Å². The number of halogens is 1. The average molecular weight is 488 g/mol. The molecule has 0 radical (unpaired) electrons. The maximum absolute atomic E-state index is 5.55. The summed E-state index contributed by atoms with van der Waals surface area (Å²) in [7, 11) is 1.63. The van der Waals surface area contributed by atoms with Crippen LogP contribution in [0.4, 0.5) is 5.69 Å². The van der Waals surface area contributed by atoms with E-state index in [0.29, 0.717) is 24.9 Å². The van der Waals surface area contributed by atoms with Gasteiger partial charge in [-0.15, -0.1) is 24.0 Å². The predicted molar refractivity (Wildman–Crippen MR) is 119 cm³/mol. The molecule has 0 aliphatic rings. The van der Waals surface area contributed by atoms with E-state index in [-0.39, 0.29) is 24.0 Å². The van der Waals surface area contributed by atoms with Crippen LogP contribution in [0.2, 0.25) is 0 Å². The molecule has 0 fully saturated rings. The highest BCUT2D eigenvalue weighted by atomic mass is 127. The van der Waals surface area contributed by atoms with Gasteiger partial charge in [0.15, 0.2) is 17.5 Å². The number of hydrogen-bond donors (Lipinski definition) is 2. The van der Waals surface area contributed by atoms with Gasteiger partial charge in [-0.2, -0.15) is 0 Å². The molecule has 0 bridgehead atoms. The first-order chi connectivity index (χ1) is 12.6. The van der Waals surface area contributed by atoms with Crippen molar-refractivity contribution in [2.24, 2.45) is 4.99 Å². The van der Waals surface area contributed by atoms with Crippen molar-refractivity contribution in [3.05, 3.63) is 35.2 Å². The molecule has 150 valence electrons. The molecule has 2 rings (SSSR count). The number of rotatable bonds is 8. The van der Waals surface area contributed by atoms with Gasteiger partial charge in [0.1, 0.15) is 5.76 Å². The van der Waals surface area contributed by atoms with Crippen LogP contribution >= 0.6 is 24.0 Å². The molecular formula is C19H29IN4O3. The molecule has 1 aromatic carbocycles. The third-order valence-electron chi connectivity index (χ3n) is 3.88. The number of anilines is 1. The lowest BCUT2D eigenvalue weighted by molar-refractivity contribution is 0.311. The number of nitrogens with one attached hydrogen (secondary N) is 2. The normalized spacial score (nSPS) is 10.9.